The Morgan fingerprint density at radius 2 is 2.40 bits per heavy atom. The van der Waals surface area contributed by atoms with Crippen molar-refractivity contribution in [3.63, 3.8) is 0 Å². The Bertz CT molecular complexity index is 92.9. The van der Waals surface area contributed by atoms with Crippen LogP contribution >= 0.6 is 0 Å². The Morgan fingerprint density at radius 1 is 1.60 bits per heavy atom. The van der Waals surface area contributed by atoms with Gasteiger partial charge in [0.25, 0.3) is 0 Å². The molecule has 0 unspecified atom stereocenters. The van der Waals surface area contributed by atoms with Crippen LogP contribution in [-0.2, 0) is 0 Å². The van der Waals surface area contributed by atoms with Gasteiger partial charge in [-0.15, -0.1) is 0 Å². The largest absolute Gasteiger partial charge is 0.302 e. The second-order valence-corrected chi connectivity index (χ2v) is 3.04. The second kappa shape index (κ2) is 3.91. The van der Waals surface area contributed by atoms with Gasteiger partial charge in [-0.3, -0.25) is 11.3 Å². The maximum Gasteiger partial charge on any atom is 0.0254 e. The molecule has 1 rings (SSSR count). The zero-order valence-electron chi connectivity index (χ0n) is 6.64. The molecule has 0 aromatic rings. The minimum absolute atomic E-state index is 0.666. The molecule has 10 heavy (non-hydrogen) atoms. The summed E-state index contributed by atoms with van der Waals surface area (Å²) in [4.78, 5) is 2.38. The molecule has 1 fully saturated rings. The molecule has 60 valence electrons. The molecule has 1 atom stereocenters. The molecular formula is C7H17N3. The van der Waals surface area contributed by atoms with Crippen LogP contribution in [0.3, 0.4) is 0 Å². The lowest BCUT2D eigenvalue weighted by Gasteiger charge is -2.31. The van der Waals surface area contributed by atoms with Crippen LogP contribution in [0, 0.1) is 0 Å². The molecule has 0 amide bonds. The molecule has 3 nitrogen and oxygen atoms in total. The van der Waals surface area contributed by atoms with E-state index in [1.165, 1.54) is 25.8 Å². The summed E-state index contributed by atoms with van der Waals surface area (Å²) in [5, 5.41) is 0. The molecule has 0 spiro atoms. The van der Waals surface area contributed by atoms with Crippen molar-refractivity contribution in [2.75, 3.05) is 20.1 Å². The summed E-state index contributed by atoms with van der Waals surface area (Å²) in [5.74, 6) is 5.24. The fraction of sp³-hybridized carbons (Fsp3) is 1.00. The zero-order valence-corrected chi connectivity index (χ0v) is 6.64. The first-order valence-corrected chi connectivity index (χ1v) is 3.98. The standard InChI is InChI=1S/C7H17N3/c1-10-5-3-2-4-7(10)6-9-8/h7,9H,2-6,8H2,1H3/t7-/m0/s1. The minimum atomic E-state index is 0.666. The molecule has 1 aliphatic heterocycles. The summed E-state index contributed by atoms with van der Waals surface area (Å²) < 4.78 is 0. The highest BCUT2D eigenvalue weighted by Gasteiger charge is 2.17. The van der Waals surface area contributed by atoms with Gasteiger partial charge in [-0.05, 0) is 26.4 Å². The highest BCUT2D eigenvalue weighted by atomic mass is 15.2. The topological polar surface area (TPSA) is 41.3 Å². The normalized spacial score (nSPS) is 28.8. The number of piperidine rings is 1. The maximum absolute atomic E-state index is 5.24. The quantitative estimate of drug-likeness (QED) is 0.420. The second-order valence-electron chi connectivity index (χ2n) is 3.04. The number of likely N-dealkylation sites (N-methyl/N-ethyl adjacent to an activating group) is 1. The van der Waals surface area contributed by atoms with E-state index in [4.69, 9.17) is 5.84 Å². The third-order valence-corrected chi connectivity index (χ3v) is 2.27. The van der Waals surface area contributed by atoms with Gasteiger partial charge in [-0.2, -0.15) is 0 Å². The number of likely N-dealkylation sites (tertiary alicyclic amines) is 1. The smallest absolute Gasteiger partial charge is 0.0254 e. The van der Waals surface area contributed by atoms with Crippen molar-refractivity contribution in [2.24, 2.45) is 5.84 Å². The van der Waals surface area contributed by atoms with Gasteiger partial charge in [0.1, 0.15) is 0 Å². The number of rotatable bonds is 2. The zero-order chi connectivity index (χ0) is 7.40. The number of nitrogens with one attached hydrogen (secondary N) is 1. The Kier molecular flexibility index (Phi) is 3.12. The predicted octanol–water partition coefficient (Wildman–Crippen LogP) is -0.0660. The van der Waals surface area contributed by atoms with Crippen molar-refractivity contribution in [3.8, 4) is 0 Å². The number of hydrogen-bond acceptors (Lipinski definition) is 3. The molecular weight excluding hydrogens is 126 g/mol. The summed E-state index contributed by atoms with van der Waals surface area (Å²) in [6, 6.07) is 0.666. The van der Waals surface area contributed by atoms with E-state index in [9.17, 15) is 0 Å². The van der Waals surface area contributed by atoms with Crippen molar-refractivity contribution >= 4 is 0 Å². The number of nitrogens with two attached hydrogens (primary N) is 1. The Morgan fingerprint density at radius 3 is 3.00 bits per heavy atom. The molecule has 3 heteroatoms. The fourth-order valence-electron chi connectivity index (χ4n) is 1.54. The van der Waals surface area contributed by atoms with Crippen molar-refractivity contribution in [2.45, 2.75) is 25.3 Å². The maximum atomic E-state index is 5.24. The molecule has 1 saturated heterocycles. The van der Waals surface area contributed by atoms with Crippen LogP contribution in [0.25, 0.3) is 0 Å². The van der Waals surface area contributed by atoms with Crippen LogP contribution in [0.15, 0.2) is 0 Å². The summed E-state index contributed by atoms with van der Waals surface area (Å²) >= 11 is 0. The average Bonchev–Trinajstić information content (AvgIpc) is 1.94. The van der Waals surface area contributed by atoms with Crippen molar-refractivity contribution < 1.29 is 0 Å². The predicted molar refractivity (Wildman–Crippen MR) is 42.5 cm³/mol. The SMILES string of the molecule is CN1CCCC[C@H]1CNN. The molecule has 0 aliphatic carbocycles. The number of hydrazine groups is 1. The van der Waals surface area contributed by atoms with Crippen molar-refractivity contribution in [3.05, 3.63) is 0 Å². The van der Waals surface area contributed by atoms with Crippen LogP contribution in [0.2, 0.25) is 0 Å². The molecule has 0 aromatic carbocycles. The van der Waals surface area contributed by atoms with Crippen LogP contribution in [0.1, 0.15) is 19.3 Å². The van der Waals surface area contributed by atoms with Gasteiger partial charge in [0.05, 0.1) is 0 Å². The van der Waals surface area contributed by atoms with E-state index in [1.807, 2.05) is 0 Å². The van der Waals surface area contributed by atoms with Crippen molar-refractivity contribution in [1.82, 2.24) is 10.3 Å². The van der Waals surface area contributed by atoms with Crippen LogP contribution in [0.4, 0.5) is 0 Å². The Balaban J connectivity index is 2.25. The van der Waals surface area contributed by atoms with E-state index >= 15 is 0 Å². The van der Waals surface area contributed by atoms with Gasteiger partial charge in [0.15, 0.2) is 0 Å². The number of nitrogens with zero attached hydrogens (tertiary/aromatic N) is 1. The van der Waals surface area contributed by atoms with E-state index < -0.39 is 0 Å². The molecule has 1 aliphatic rings. The average molecular weight is 143 g/mol. The van der Waals surface area contributed by atoms with Gasteiger partial charge >= 0.3 is 0 Å². The molecule has 0 saturated carbocycles. The third-order valence-electron chi connectivity index (χ3n) is 2.27. The summed E-state index contributed by atoms with van der Waals surface area (Å²) in [7, 11) is 2.17. The number of hydrogen-bond donors (Lipinski definition) is 2. The van der Waals surface area contributed by atoms with Crippen molar-refractivity contribution in [1.29, 1.82) is 0 Å². The third kappa shape index (κ3) is 1.94. The molecule has 3 N–H and O–H groups in total. The van der Waals surface area contributed by atoms with E-state index in [1.54, 1.807) is 0 Å². The van der Waals surface area contributed by atoms with Gasteiger partial charge < -0.3 is 4.90 Å². The van der Waals surface area contributed by atoms with E-state index in [2.05, 4.69) is 17.4 Å². The van der Waals surface area contributed by atoms with Gasteiger partial charge in [0.2, 0.25) is 0 Å². The van der Waals surface area contributed by atoms with E-state index in [0.29, 0.717) is 6.04 Å². The molecule has 1 heterocycles. The Hall–Kier alpha value is -0.120. The highest BCUT2D eigenvalue weighted by molar-refractivity contribution is 4.74. The molecule has 0 aromatic heterocycles. The fourth-order valence-corrected chi connectivity index (χ4v) is 1.54. The first-order valence-electron chi connectivity index (χ1n) is 3.98. The van der Waals surface area contributed by atoms with E-state index in [-0.39, 0.29) is 0 Å². The first kappa shape index (κ1) is 7.98. The van der Waals surface area contributed by atoms with E-state index in [0.717, 1.165) is 6.54 Å². The first-order chi connectivity index (χ1) is 4.84. The molecule has 0 bridgehead atoms. The summed E-state index contributed by atoms with van der Waals surface area (Å²) in [6.45, 7) is 2.16. The molecule has 0 radical (unpaired) electrons. The van der Waals surface area contributed by atoms with Gasteiger partial charge in [-0.1, -0.05) is 6.42 Å². The summed E-state index contributed by atoms with van der Waals surface area (Å²) in [5.41, 5.74) is 2.73. The monoisotopic (exact) mass is 143 g/mol. The van der Waals surface area contributed by atoms with Crippen LogP contribution in [-0.4, -0.2) is 31.1 Å². The lowest BCUT2D eigenvalue weighted by atomic mass is 10.0. The Labute approximate surface area is 62.5 Å². The van der Waals surface area contributed by atoms with Gasteiger partial charge in [-0.25, -0.2) is 0 Å². The summed E-state index contributed by atoms with van der Waals surface area (Å²) in [6.07, 6.45) is 3.99. The lowest BCUT2D eigenvalue weighted by molar-refractivity contribution is 0.182. The lowest BCUT2D eigenvalue weighted by Crippen LogP contribution is -2.44. The minimum Gasteiger partial charge on any atom is -0.302 e. The highest BCUT2D eigenvalue weighted by Crippen LogP contribution is 2.13. The van der Waals surface area contributed by atoms with Gasteiger partial charge in [0, 0.05) is 12.6 Å². The van der Waals surface area contributed by atoms with Crippen LogP contribution < -0.4 is 11.3 Å². The van der Waals surface area contributed by atoms with Crippen LogP contribution in [0.5, 0.6) is 0 Å².